The van der Waals surface area contributed by atoms with E-state index in [-0.39, 0.29) is 4.90 Å². The number of sulfone groups is 1. The number of carbonyl (C=O) groups excluding carboxylic acids is 1. The Kier molecular flexibility index (Phi) is 2.72. The van der Waals surface area contributed by atoms with E-state index in [1.807, 2.05) is 0 Å². The molecule has 0 aliphatic heterocycles. The number of halogens is 1. The topological polar surface area (TPSA) is 77.2 Å². The van der Waals surface area contributed by atoms with E-state index in [2.05, 4.69) is 15.9 Å². The van der Waals surface area contributed by atoms with Gasteiger partial charge in [0, 0.05) is 4.47 Å². The molecule has 0 radical (unpaired) electrons. The van der Waals surface area contributed by atoms with Gasteiger partial charge in [0.15, 0.2) is 0 Å². The van der Waals surface area contributed by atoms with E-state index in [9.17, 15) is 13.2 Å². The second-order valence-corrected chi connectivity index (χ2v) is 5.07. The fourth-order valence-electron chi connectivity index (χ4n) is 0.730. The third kappa shape index (κ3) is 2.07. The summed E-state index contributed by atoms with van der Waals surface area (Å²) in [4.78, 5) is 10.4. The molecule has 1 aromatic rings. The van der Waals surface area contributed by atoms with Gasteiger partial charge in [-0.1, -0.05) is 15.9 Å². The second kappa shape index (κ2) is 3.47. The number of amides is 1. The maximum atomic E-state index is 11.2. The summed E-state index contributed by atoms with van der Waals surface area (Å²) in [5, 5.41) is -1.34. The Hall–Kier alpha value is -0.880. The van der Waals surface area contributed by atoms with E-state index in [0.717, 1.165) is 4.47 Å². The number of nitrogens with two attached hydrogens (primary N) is 1. The minimum Gasteiger partial charge on any atom is -0.356 e. The quantitative estimate of drug-likeness (QED) is 0.830. The van der Waals surface area contributed by atoms with Crippen molar-refractivity contribution < 1.29 is 13.2 Å². The van der Waals surface area contributed by atoms with Gasteiger partial charge >= 0.3 is 5.24 Å². The smallest absolute Gasteiger partial charge is 0.338 e. The van der Waals surface area contributed by atoms with Crippen LogP contribution in [0.25, 0.3) is 0 Å². The van der Waals surface area contributed by atoms with E-state index in [1.165, 1.54) is 24.3 Å². The molecule has 0 aliphatic carbocycles. The molecule has 0 heterocycles. The molecule has 0 spiro atoms. The molecule has 0 aliphatic rings. The summed E-state index contributed by atoms with van der Waals surface area (Å²) in [6, 6.07) is 5.67. The van der Waals surface area contributed by atoms with Crippen LogP contribution in [0.4, 0.5) is 4.79 Å². The molecule has 0 fully saturated rings. The lowest BCUT2D eigenvalue weighted by Crippen LogP contribution is -2.21. The summed E-state index contributed by atoms with van der Waals surface area (Å²) >= 11 is 3.14. The first-order chi connectivity index (χ1) is 5.94. The molecule has 4 nitrogen and oxygen atoms in total. The Morgan fingerprint density at radius 1 is 1.23 bits per heavy atom. The molecule has 70 valence electrons. The number of primary amides is 1. The van der Waals surface area contributed by atoms with E-state index in [0.29, 0.717) is 0 Å². The first-order valence-electron chi connectivity index (χ1n) is 3.24. The van der Waals surface area contributed by atoms with Crippen LogP contribution in [0.15, 0.2) is 33.6 Å². The zero-order valence-electron chi connectivity index (χ0n) is 6.40. The van der Waals surface area contributed by atoms with Crippen LogP contribution in [0.5, 0.6) is 0 Å². The van der Waals surface area contributed by atoms with Crippen molar-refractivity contribution in [3.05, 3.63) is 28.7 Å². The maximum absolute atomic E-state index is 11.2. The molecule has 0 bridgehead atoms. The van der Waals surface area contributed by atoms with Crippen LogP contribution >= 0.6 is 15.9 Å². The van der Waals surface area contributed by atoms with Crippen molar-refractivity contribution in [2.75, 3.05) is 0 Å². The van der Waals surface area contributed by atoms with Gasteiger partial charge in [-0.05, 0) is 24.3 Å². The molecule has 13 heavy (non-hydrogen) atoms. The minimum absolute atomic E-state index is 0.0943. The zero-order valence-corrected chi connectivity index (χ0v) is 8.80. The summed E-state index contributed by atoms with van der Waals surface area (Å²) < 4.78 is 23.0. The average molecular weight is 264 g/mol. The standard InChI is InChI=1S/C7H6BrNO3S/c8-5-1-3-6(4-2-5)13(11,12)7(9)10/h1-4H,(H2,9,10). The summed E-state index contributed by atoms with van der Waals surface area (Å²) in [6.45, 7) is 0. The van der Waals surface area contributed by atoms with Crippen LogP contribution in [0.1, 0.15) is 0 Å². The number of rotatable bonds is 1. The van der Waals surface area contributed by atoms with Gasteiger partial charge in [0.2, 0.25) is 0 Å². The van der Waals surface area contributed by atoms with Crippen molar-refractivity contribution in [2.45, 2.75) is 4.90 Å². The molecular weight excluding hydrogens is 258 g/mol. The lowest BCUT2D eigenvalue weighted by atomic mass is 10.4. The molecular formula is C7H6BrNO3S. The molecule has 1 aromatic carbocycles. The molecule has 1 rings (SSSR count). The highest BCUT2D eigenvalue weighted by atomic mass is 79.9. The molecule has 6 heteroatoms. The predicted molar refractivity (Wildman–Crippen MR) is 50.9 cm³/mol. The van der Waals surface area contributed by atoms with Crippen molar-refractivity contribution in [3.63, 3.8) is 0 Å². The molecule has 2 N–H and O–H groups in total. The van der Waals surface area contributed by atoms with Crippen molar-refractivity contribution in [1.82, 2.24) is 0 Å². The number of hydrogen-bond acceptors (Lipinski definition) is 3. The Labute approximate surface area is 83.8 Å². The van der Waals surface area contributed by atoms with Gasteiger partial charge in [-0.3, -0.25) is 4.79 Å². The monoisotopic (exact) mass is 263 g/mol. The van der Waals surface area contributed by atoms with Crippen LogP contribution < -0.4 is 5.73 Å². The lowest BCUT2D eigenvalue weighted by Gasteiger charge is -1.98. The van der Waals surface area contributed by atoms with Crippen molar-refractivity contribution >= 4 is 31.0 Å². The maximum Gasteiger partial charge on any atom is 0.338 e. The third-order valence-electron chi connectivity index (χ3n) is 1.39. The van der Waals surface area contributed by atoms with Crippen LogP contribution in [0.3, 0.4) is 0 Å². The predicted octanol–water partition coefficient (Wildman–Crippen LogP) is 1.30. The fourth-order valence-corrected chi connectivity index (χ4v) is 1.72. The number of carbonyl (C=O) groups is 1. The largest absolute Gasteiger partial charge is 0.356 e. The molecule has 0 atom stereocenters. The molecule has 0 saturated carbocycles. The van der Waals surface area contributed by atoms with Gasteiger partial charge < -0.3 is 5.73 Å². The molecule has 1 amide bonds. The lowest BCUT2D eigenvalue weighted by molar-refractivity contribution is 0.265. The molecule has 0 unspecified atom stereocenters. The van der Waals surface area contributed by atoms with E-state index in [4.69, 9.17) is 5.73 Å². The number of benzene rings is 1. The highest BCUT2D eigenvalue weighted by molar-refractivity contribution is 9.10. The van der Waals surface area contributed by atoms with Gasteiger partial charge in [-0.15, -0.1) is 0 Å². The minimum atomic E-state index is -3.98. The van der Waals surface area contributed by atoms with Crippen molar-refractivity contribution in [3.8, 4) is 0 Å². The van der Waals surface area contributed by atoms with E-state index in [1.54, 1.807) is 0 Å². The van der Waals surface area contributed by atoms with Gasteiger partial charge in [0.25, 0.3) is 9.84 Å². The second-order valence-electron chi connectivity index (χ2n) is 2.28. The average Bonchev–Trinajstić information content (AvgIpc) is 2.04. The van der Waals surface area contributed by atoms with Crippen LogP contribution in [0.2, 0.25) is 0 Å². The van der Waals surface area contributed by atoms with Crippen LogP contribution in [-0.2, 0) is 9.84 Å². The third-order valence-corrected chi connectivity index (χ3v) is 3.34. The number of hydrogen-bond donors (Lipinski definition) is 1. The van der Waals surface area contributed by atoms with Crippen molar-refractivity contribution in [1.29, 1.82) is 0 Å². The van der Waals surface area contributed by atoms with Crippen LogP contribution in [0, 0.1) is 0 Å². The summed E-state index contributed by atoms with van der Waals surface area (Å²) in [5.74, 6) is 0. The fraction of sp³-hybridized carbons (Fsp3) is 0. The summed E-state index contributed by atoms with van der Waals surface area (Å²) in [6.07, 6.45) is 0. The highest BCUT2D eigenvalue weighted by Crippen LogP contribution is 2.15. The highest BCUT2D eigenvalue weighted by Gasteiger charge is 2.20. The SMILES string of the molecule is NC(=O)S(=O)(=O)c1ccc(Br)cc1. The first-order valence-corrected chi connectivity index (χ1v) is 5.52. The van der Waals surface area contributed by atoms with E-state index < -0.39 is 15.1 Å². The molecule has 0 saturated heterocycles. The van der Waals surface area contributed by atoms with E-state index >= 15 is 0 Å². The zero-order chi connectivity index (χ0) is 10.1. The summed E-state index contributed by atoms with van der Waals surface area (Å²) in [5.41, 5.74) is 4.70. The Bertz CT molecular complexity index is 424. The Morgan fingerprint density at radius 2 is 1.69 bits per heavy atom. The van der Waals surface area contributed by atoms with Crippen molar-refractivity contribution in [2.24, 2.45) is 5.73 Å². The first kappa shape index (κ1) is 10.2. The van der Waals surface area contributed by atoms with Gasteiger partial charge in [0.1, 0.15) is 0 Å². The summed E-state index contributed by atoms with van der Waals surface area (Å²) in [7, 11) is -3.98. The van der Waals surface area contributed by atoms with Gasteiger partial charge in [-0.25, -0.2) is 8.42 Å². The normalized spacial score (nSPS) is 11.2. The Balaban J connectivity index is 3.25. The molecule has 0 aromatic heterocycles. The Morgan fingerprint density at radius 3 is 2.08 bits per heavy atom. The van der Waals surface area contributed by atoms with Gasteiger partial charge in [-0.2, -0.15) is 0 Å². The van der Waals surface area contributed by atoms with Gasteiger partial charge in [0.05, 0.1) is 4.90 Å². The van der Waals surface area contributed by atoms with Crippen LogP contribution in [-0.4, -0.2) is 13.7 Å².